The van der Waals surface area contributed by atoms with Gasteiger partial charge in [-0.05, 0) is 61.9 Å². The summed E-state index contributed by atoms with van der Waals surface area (Å²) in [5.41, 5.74) is 4.50. The van der Waals surface area contributed by atoms with Gasteiger partial charge in [-0.2, -0.15) is 5.11 Å². The van der Waals surface area contributed by atoms with Crippen LogP contribution in [-0.2, 0) is 10.1 Å². The van der Waals surface area contributed by atoms with Gasteiger partial charge in [0.2, 0.25) is 0 Å². The first-order chi connectivity index (χ1) is 12.6. The Labute approximate surface area is 157 Å². The minimum absolute atomic E-state index is 0.0421. The van der Waals surface area contributed by atoms with Crippen molar-refractivity contribution in [1.29, 1.82) is 0 Å². The van der Waals surface area contributed by atoms with Gasteiger partial charge in [-0.15, -0.1) is 5.11 Å². The molecule has 6 nitrogen and oxygen atoms in total. The van der Waals surface area contributed by atoms with Crippen molar-refractivity contribution in [3.05, 3.63) is 58.7 Å². The molecule has 0 saturated heterocycles. The summed E-state index contributed by atoms with van der Waals surface area (Å²) in [6.45, 7) is 7.68. The number of fused-ring (bicyclic) bond motifs is 1. The highest BCUT2D eigenvalue weighted by molar-refractivity contribution is 7.85. The van der Waals surface area contributed by atoms with E-state index in [2.05, 4.69) is 10.2 Å². The Morgan fingerprint density at radius 2 is 1.56 bits per heavy atom. The molecule has 0 fully saturated rings. The van der Waals surface area contributed by atoms with Gasteiger partial charge in [-0.3, -0.25) is 0 Å². The summed E-state index contributed by atoms with van der Waals surface area (Å²) in [5.74, 6) is -0.688. The quantitative estimate of drug-likeness (QED) is 0.502. The van der Waals surface area contributed by atoms with Crippen LogP contribution in [0.4, 0.5) is 11.4 Å². The minimum atomic E-state index is -4.87. The summed E-state index contributed by atoms with van der Waals surface area (Å²) in [7, 11) is -4.87. The first kappa shape index (κ1) is 19.0. The van der Waals surface area contributed by atoms with Crippen molar-refractivity contribution in [2.75, 3.05) is 0 Å². The van der Waals surface area contributed by atoms with E-state index in [1.54, 1.807) is 12.1 Å². The molecule has 0 aliphatic carbocycles. The van der Waals surface area contributed by atoms with Crippen LogP contribution in [0.2, 0.25) is 0 Å². The molecule has 0 unspecified atom stereocenters. The topological polar surface area (TPSA) is 102 Å². The molecule has 0 aromatic heterocycles. The Morgan fingerprint density at radius 1 is 0.889 bits per heavy atom. The Bertz CT molecular complexity index is 1200. The van der Waals surface area contributed by atoms with Crippen LogP contribution in [0, 0.1) is 27.7 Å². The summed E-state index contributed by atoms with van der Waals surface area (Å²) in [6.07, 6.45) is 0. The lowest BCUT2D eigenvalue weighted by atomic mass is 10.1. The monoisotopic (exact) mass is 383 g/mol. The van der Waals surface area contributed by atoms with E-state index in [0.29, 0.717) is 16.5 Å². The van der Waals surface area contributed by atoms with Gasteiger partial charge in [0, 0.05) is 5.39 Å². The number of hydrogen-bond acceptors (Lipinski definition) is 6. The molecule has 3 rings (SSSR count). The number of phenols is 1. The zero-order valence-corrected chi connectivity index (χ0v) is 16.3. The molecule has 0 amide bonds. The molecule has 0 atom stereocenters. The molecule has 0 radical (unpaired) electrons. The van der Waals surface area contributed by atoms with E-state index in [9.17, 15) is 18.1 Å². The number of hydrogen-bond donors (Lipinski definition) is 1. The van der Waals surface area contributed by atoms with Crippen molar-refractivity contribution >= 4 is 32.3 Å². The number of azo groups is 1. The van der Waals surface area contributed by atoms with E-state index < -0.39 is 20.8 Å². The van der Waals surface area contributed by atoms with Crippen molar-refractivity contribution < 1.29 is 18.1 Å². The number of phenolic OH excluding ortho intramolecular Hbond substituents is 1. The van der Waals surface area contributed by atoms with Crippen molar-refractivity contribution in [1.82, 2.24) is 0 Å². The lowest BCUT2D eigenvalue weighted by Crippen LogP contribution is -1.99. The number of nitrogens with zero attached hydrogens (tertiary/aromatic N) is 2. The molecular weight excluding hydrogens is 364 g/mol. The predicted molar refractivity (Wildman–Crippen MR) is 103 cm³/mol. The average molecular weight is 383 g/mol. The van der Waals surface area contributed by atoms with Gasteiger partial charge in [-0.25, -0.2) is 8.42 Å². The second-order valence-corrected chi connectivity index (χ2v) is 8.02. The molecule has 140 valence electrons. The third-order valence-electron chi connectivity index (χ3n) is 4.55. The first-order valence-corrected chi connectivity index (χ1v) is 9.70. The molecule has 1 N–H and O–H groups in total. The van der Waals surface area contributed by atoms with Gasteiger partial charge in [0.15, 0.2) is 5.75 Å². The zero-order valence-electron chi connectivity index (χ0n) is 15.4. The Morgan fingerprint density at radius 3 is 2.22 bits per heavy atom. The van der Waals surface area contributed by atoms with Gasteiger partial charge in [0.25, 0.3) is 0 Å². The minimum Gasteiger partial charge on any atom is -0.744 e. The second-order valence-electron chi connectivity index (χ2n) is 6.67. The molecule has 7 heteroatoms. The fourth-order valence-corrected chi connectivity index (χ4v) is 3.52. The highest BCUT2D eigenvalue weighted by Crippen LogP contribution is 2.41. The average Bonchev–Trinajstić information content (AvgIpc) is 2.57. The second kappa shape index (κ2) is 6.75. The predicted octanol–water partition coefficient (Wildman–Crippen LogP) is 5.10. The maximum Gasteiger partial charge on any atom is 0.161 e. The molecule has 3 aromatic carbocycles. The van der Waals surface area contributed by atoms with Gasteiger partial charge >= 0.3 is 0 Å². The maximum atomic E-state index is 11.6. The fourth-order valence-electron chi connectivity index (χ4n) is 2.92. The smallest absolute Gasteiger partial charge is 0.161 e. The summed E-state index contributed by atoms with van der Waals surface area (Å²) in [5, 5.41) is 19.7. The third-order valence-corrected chi connectivity index (χ3v) is 5.40. The van der Waals surface area contributed by atoms with E-state index in [1.165, 1.54) is 6.07 Å². The Hall–Kier alpha value is -2.77. The van der Waals surface area contributed by atoms with Crippen molar-refractivity contribution in [3.8, 4) is 5.75 Å². The van der Waals surface area contributed by atoms with Gasteiger partial charge < -0.3 is 9.66 Å². The van der Waals surface area contributed by atoms with Crippen molar-refractivity contribution in [2.24, 2.45) is 10.2 Å². The van der Waals surface area contributed by atoms with Crippen LogP contribution in [0.5, 0.6) is 5.75 Å². The van der Waals surface area contributed by atoms with E-state index in [4.69, 9.17) is 0 Å². The van der Waals surface area contributed by atoms with E-state index >= 15 is 0 Å². The lowest BCUT2D eigenvalue weighted by molar-refractivity contribution is 0.437. The number of aryl methyl sites for hydroxylation is 4. The Balaban J connectivity index is 2.27. The summed E-state index contributed by atoms with van der Waals surface area (Å²) >= 11 is 0. The standard InChI is InChI=1S/C20H20N2O4S/c1-11-5-6-16-15(7-11)10-18(27(24,25)26)20(23)19(16)22-21-17-9-13(3)12(2)8-14(17)4/h5-10,23H,1-4H3,(H,24,25,26)/p-1. The van der Waals surface area contributed by atoms with Crippen molar-refractivity contribution in [2.45, 2.75) is 32.6 Å². The number of benzene rings is 3. The van der Waals surface area contributed by atoms with Gasteiger partial charge in [0.1, 0.15) is 15.8 Å². The highest BCUT2D eigenvalue weighted by atomic mass is 32.2. The summed E-state index contributed by atoms with van der Waals surface area (Å²) in [4.78, 5) is -0.702. The zero-order chi connectivity index (χ0) is 19.9. The lowest BCUT2D eigenvalue weighted by Gasteiger charge is -2.13. The number of rotatable bonds is 3. The molecule has 0 aliphatic heterocycles. The first-order valence-electron chi connectivity index (χ1n) is 8.30. The summed E-state index contributed by atoms with van der Waals surface area (Å²) < 4.78 is 34.7. The number of aromatic hydroxyl groups is 1. The van der Waals surface area contributed by atoms with Crippen LogP contribution in [-0.4, -0.2) is 18.1 Å². The van der Waals surface area contributed by atoms with Crippen LogP contribution in [0.3, 0.4) is 0 Å². The van der Waals surface area contributed by atoms with Crippen LogP contribution >= 0.6 is 0 Å². The summed E-state index contributed by atoms with van der Waals surface area (Å²) in [6, 6.07) is 10.3. The van der Waals surface area contributed by atoms with E-state index in [-0.39, 0.29) is 5.69 Å². The third kappa shape index (κ3) is 3.70. The van der Waals surface area contributed by atoms with Crippen LogP contribution < -0.4 is 0 Å². The SMILES string of the molecule is Cc1ccc2c(N=Nc3cc(C)c(C)cc3C)c(O)c(S(=O)(=O)[O-])cc2c1. The van der Waals surface area contributed by atoms with Crippen LogP contribution in [0.1, 0.15) is 22.3 Å². The van der Waals surface area contributed by atoms with Crippen LogP contribution in [0.25, 0.3) is 10.8 Å². The fraction of sp³-hybridized carbons (Fsp3) is 0.200. The largest absolute Gasteiger partial charge is 0.744 e. The van der Waals surface area contributed by atoms with Gasteiger partial charge in [-0.1, -0.05) is 29.8 Å². The normalized spacial score (nSPS) is 12.2. The molecule has 0 spiro atoms. The molecule has 0 bridgehead atoms. The van der Waals surface area contributed by atoms with Crippen molar-refractivity contribution in [3.63, 3.8) is 0 Å². The molecular formula is C20H19N2O4S-. The Kier molecular flexibility index (Phi) is 4.75. The highest BCUT2D eigenvalue weighted by Gasteiger charge is 2.17. The molecule has 0 aliphatic rings. The maximum absolute atomic E-state index is 11.6. The molecule has 27 heavy (non-hydrogen) atoms. The van der Waals surface area contributed by atoms with E-state index in [1.807, 2.05) is 45.9 Å². The molecule has 3 aromatic rings. The van der Waals surface area contributed by atoms with E-state index in [0.717, 1.165) is 22.3 Å². The van der Waals surface area contributed by atoms with Crippen LogP contribution in [0.15, 0.2) is 51.5 Å². The van der Waals surface area contributed by atoms with Gasteiger partial charge in [0.05, 0.1) is 10.6 Å². The molecule has 0 saturated carbocycles. The molecule has 0 heterocycles.